The molecule has 1 amide bonds. The predicted molar refractivity (Wildman–Crippen MR) is 103 cm³/mol. The molecule has 0 fully saturated rings. The number of nitrogens with zero attached hydrogens (tertiary/aromatic N) is 2. The number of anilines is 1. The van der Waals surface area contributed by atoms with Gasteiger partial charge in [-0.3, -0.25) is 4.79 Å². The zero-order chi connectivity index (χ0) is 17.4. The number of benzene rings is 2. The lowest BCUT2D eigenvalue weighted by Gasteiger charge is -2.30. The van der Waals surface area contributed by atoms with Crippen LogP contribution in [-0.2, 0) is 11.2 Å². The number of amides is 1. The first-order valence-electron chi connectivity index (χ1n) is 7.99. The first-order chi connectivity index (χ1) is 12.1. The van der Waals surface area contributed by atoms with E-state index in [1.54, 1.807) is 5.51 Å². The average Bonchev–Trinajstić information content (AvgIpc) is 3.21. The van der Waals surface area contributed by atoms with E-state index in [1.807, 2.05) is 31.2 Å². The number of carbonyl (C=O) groups excluding carboxylic acids is 1. The molecule has 1 aliphatic carbocycles. The van der Waals surface area contributed by atoms with Gasteiger partial charge in [0.2, 0.25) is 11.0 Å². The van der Waals surface area contributed by atoms with E-state index in [9.17, 15) is 4.79 Å². The summed E-state index contributed by atoms with van der Waals surface area (Å²) in [5.41, 5.74) is 4.60. The Morgan fingerprint density at radius 1 is 1.28 bits per heavy atom. The quantitative estimate of drug-likeness (QED) is 0.680. The normalized spacial score (nSPS) is 21.8. The second-order valence-corrected chi connectivity index (χ2v) is 8.23. The van der Waals surface area contributed by atoms with Crippen LogP contribution >= 0.6 is 27.3 Å². The van der Waals surface area contributed by atoms with Crippen molar-refractivity contribution in [1.82, 2.24) is 10.2 Å². The van der Waals surface area contributed by atoms with Gasteiger partial charge in [0, 0.05) is 10.4 Å². The van der Waals surface area contributed by atoms with Crippen LogP contribution in [0.5, 0.6) is 0 Å². The van der Waals surface area contributed by atoms with E-state index in [4.69, 9.17) is 0 Å². The van der Waals surface area contributed by atoms with Crippen molar-refractivity contribution in [3.05, 3.63) is 75.2 Å². The number of rotatable bonds is 3. The summed E-state index contributed by atoms with van der Waals surface area (Å²) in [6.45, 7) is 2.04. The van der Waals surface area contributed by atoms with E-state index in [2.05, 4.69) is 55.7 Å². The topological polar surface area (TPSA) is 54.9 Å². The molecule has 0 saturated carbocycles. The molecule has 2 aromatic carbocycles. The van der Waals surface area contributed by atoms with Gasteiger partial charge in [-0.25, -0.2) is 0 Å². The molecule has 2 unspecified atom stereocenters. The van der Waals surface area contributed by atoms with E-state index >= 15 is 0 Å². The first-order valence-corrected chi connectivity index (χ1v) is 9.66. The smallest absolute Gasteiger partial charge is 0.233 e. The molecule has 3 aromatic rings. The minimum atomic E-state index is -0.587. The van der Waals surface area contributed by atoms with Gasteiger partial charge in [-0.2, -0.15) is 0 Å². The van der Waals surface area contributed by atoms with Gasteiger partial charge in [0.1, 0.15) is 5.51 Å². The molecule has 1 heterocycles. The van der Waals surface area contributed by atoms with Crippen LogP contribution in [0.3, 0.4) is 0 Å². The molecule has 1 aromatic heterocycles. The molecule has 1 aliphatic rings. The molecule has 25 heavy (non-hydrogen) atoms. The largest absolute Gasteiger partial charge is 0.300 e. The Balaban J connectivity index is 1.79. The van der Waals surface area contributed by atoms with E-state index in [-0.39, 0.29) is 11.8 Å². The number of halogens is 1. The van der Waals surface area contributed by atoms with Crippen molar-refractivity contribution < 1.29 is 4.79 Å². The Morgan fingerprint density at radius 3 is 2.80 bits per heavy atom. The van der Waals surface area contributed by atoms with E-state index < -0.39 is 5.41 Å². The molecule has 6 heteroatoms. The van der Waals surface area contributed by atoms with Gasteiger partial charge >= 0.3 is 0 Å². The van der Waals surface area contributed by atoms with Crippen LogP contribution in [-0.4, -0.2) is 16.1 Å². The molecule has 1 N–H and O–H groups in total. The number of fused-ring (bicyclic) bond motifs is 1. The van der Waals surface area contributed by atoms with Gasteiger partial charge in [0.05, 0.1) is 5.41 Å². The summed E-state index contributed by atoms with van der Waals surface area (Å²) in [4.78, 5) is 13.2. The molecule has 2 atom stereocenters. The highest BCUT2D eigenvalue weighted by Gasteiger charge is 2.48. The van der Waals surface area contributed by atoms with Crippen molar-refractivity contribution in [1.29, 1.82) is 0 Å². The van der Waals surface area contributed by atoms with Crippen molar-refractivity contribution in [2.45, 2.75) is 19.3 Å². The summed E-state index contributed by atoms with van der Waals surface area (Å²) in [6, 6.07) is 16.5. The summed E-state index contributed by atoms with van der Waals surface area (Å²) in [5.74, 6) is -0.0282. The molecule has 0 aliphatic heterocycles. The van der Waals surface area contributed by atoms with Crippen molar-refractivity contribution >= 4 is 38.3 Å². The van der Waals surface area contributed by atoms with Crippen LogP contribution in [0.2, 0.25) is 0 Å². The molecule has 0 bridgehead atoms. The summed E-state index contributed by atoms with van der Waals surface area (Å²) in [7, 11) is 0. The summed E-state index contributed by atoms with van der Waals surface area (Å²) >= 11 is 4.90. The van der Waals surface area contributed by atoms with Gasteiger partial charge in [-0.05, 0) is 42.2 Å². The van der Waals surface area contributed by atoms with Crippen LogP contribution in [0.15, 0.2) is 58.5 Å². The SMILES string of the molecule is CC1(C(=O)Nc2nncs2)Cc2ccc(Br)cc2C1c1ccccc1. The van der Waals surface area contributed by atoms with Gasteiger partial charge in [0.25, 0.3) is 0 Å². The van der Waals surface area contributed by atoms with Gasteiger partial charge in [0.15, 0.2) is 0 Å². The second kappa shape index (κ2) is 6.35. The molecular weight excluding hydrogens is 398 g/mol. The lowest BCUT2D eigenvalue weighted by atomic mass is 9.73. The average molecular weight is 414 g/mol. The summed E-state index contributed by atoms with van der Waals surface area (Å²) in [5, 5.41) is 11.2. The maximum absolute atomic E-state index is 13.2. The minimum Gasteiger partial charge on any atom is -0.300 e. The third kappa shape index (κ3) is 2.89. The van der Waals surface area contributed by atoms with Crippen molar-refractivity contribution in [3.8, 4) is 0 Å². The molecule has 4 nitrogen and oxygen atoms in total. The molecular formula is C19H16BrN3OS. The third-order valence-corrected chi connectivity index (χ3v) is 5.95. The summed E-state index contributed by atoms with van der Waals surface area (Å²) < 4.78 is 1.03. The fourth-order valence-corrected chi connectivity index (χ4v) is 4.53. The van der Waals surface area contributed by atoms with E-state index in [1.165, 1.54) is 22.5 Å². The van der Waals surface area contributed by atoms with Crippen molar-refractivity contribution in [2.24, 2.45) is 5.41 Å². The van der Waals surface area contributed by atoms with Crippen LogP contribution in [0.1, 0.15) is 29.5 Å². The highest BCUT2D eigenvalue weighted by atomic mass is 79.9. The van der Waals surface area contributed by atoms with E-state index in [0.717, 1.165) is 10.0 Å². The lowest BCUT2D eigenvalue weighted by Crippen LogP contribution is -2.37. The first kappa shape index (κ1) is 16.4. The van der Waals surface area contributed by atoms with Crippen LogP contribution < -0.4 is 5.32 Å². The minimum absolute atomic E-state index is 0.00544. The fourth-order valence-electron chi connectivity index (χ4n) is 3.71. The summed E-state index contributed by atoms with van der Waals surface area (Å²) in [6.07, 6.45) is 0.694. The Kier molecular flexibility index (Phi) is 4.17. The molecule has 0 radical (unpaired) electrons. The van der Waals surface area contributed by atoms with Crippen molar-refractivity contribution in [2.75, 3.05) is 5.32 Å². The molecule has 126 valence electrons. The fraction of sp³-hybridized carbons (Fsp3) is 0.211. The number of carbonyl (C=O) groups is 1. The Bertz CT molecular complexity index is 914. The maximum atomic E-state index is 13.2. The van der Waals surface area contributed by atoms with Crippen molar-refractivity contribution in [3.63, 3.8) is 0 Å². The number of hydrogen-bond acceptors (Lipinski definition) is 4. The zero-order valence-electron chi connectivity index (χ0n) is 13.6. The molecule has 0 saturated heterocycles. The standard InChI is InChI=1S/C19H16BrN3OS/c1-19(17(24)22-18-23-21-11-25-18)10-13-7-8-14(20)9-15(13)16(19)12-5-3-2-4-6-12/h2-9,11,16H,10H2,1H3,(H,22,23,24). The third-order valence-electron chi connectivity index (χ3n) is 4.85. The van der Waals surface area contributed by atoms with Crippen LogP contribution in [0, 0.1) is 5.41 Å². The number of nitrogens with one attached hydrogen (secondary N) is 1. The second-order valence-electron chi connectivity index (χ2n) is 6.48. The van der Waals surface area contributed by atoms with Crippen LogP contribution in [0.25, 0.3) is 0 Å². The monoisotopic (exact) mass is 413 g/mol. The van der Waals surface area contributed by atoms with Gasteiger partial charge in [-0.1, -0.05) is 63.7 Å². The van der Waals surface area contributed by atoms with Gasteiger partial charge in [-0.15, -0.1) is 10.2 Å². The van der Waals surface area contributed by atoms with Crippen LogP contribution in [0.4, 0.5) is 5.13 Å². The number of aromatic nitrogens is 2. The van der Waals surface area contributed by atoms with Gasteiger partial charge < -0.3 is 5.32 Å². The Labute approximate surface area is 158 Å². The van der Waals surface area contributed by atoms with E-state index in [0.29, 0.717) is 11.6 Å². The molecule has 0 spiro atoms. The maximum Gasteiger partial charge on any atom is 0.233 e. The Morgan fingerprint density at radius 2 is 2.08 bits per heavy atom. The zero-order valence-corrected chi connectivity index (χ0v) is 16.0. The lowest BCUT2D eigenvalue weighted by molar-refractivity contribution is -0.125. The number of hydrogen-bond donors (Lipinski definition) is 1. The Hall–Kier alpha value is -2.05. The molecule has 4 rings (SSSR count). The predicted octanol–water partition coefficient (Wildman–Crippen LogP) is 4.63. The highest BCUT2D eigenvalue weighted by molar-refractivity contribution is 9.10. The highest BCUT2D eigenvalue weighted by Crippen LogP contribution is 2.51.